The molecule has 0 bridgehead atoms. The van der Waals surface area contributed by atoms with Crippen molar-refractivity contribution in [1.82, 2.24) is 4.57 Å². The van der Waals surface area contributed by atoms with Gasteiger partial charge in [0, 0.05) is 23.8 Å². The van der Waals surface area contributed by atoms with Crippen LogP contribution in [-0.2, 0) is 26.0 Å². The van der Waals surface area contributed by atoms with Gasteiger partial charge < -0.3 is 23.2 Å². The maximum absolute atomic E-state index is 13.7. The molecule has 0 spiro atoms. The van der Waals surface area contributed by atoms with Crippen LogP contribution < -0.4 is 4.74 Å². The molecule has 218 valence electrons. The van der Waals surface area contributed by atoms with Gasteiger partial charge in [-0.1, -0.05) is 39.0 Å². The van der Waals surface area contributed by atoms with Gasteiger partial charge in [-0.05, 0) is 71.3 Å². The zero-order valence-corrected chi connectivity index (χ0v) is 26.6. The van der Waals surface area contributed by atoms with Crippen molar-refractivity contribution < 1.29 is 28.2 Å². The van der Waals surface area contributed by atoms with Crippen molar-refractivity contribution in [3.8, 4) is 11.8 Å². The molecule has 1 heterocycles. The van der Waals surface area contributed by atoms with Crippen LogP contribution >= 0.6 is 0 Å². The minimum atomic E-state index is -2.09. The summed E-state index contributed by atoms with van der Waals surface area (Å²) < 4.78 is 25.4. The lowest BCUT2D eigenvalue weighted by Crippen LogP contribution is -2.41. The van der Waals surface area contributed by atoms with Crippen molar-refractivity contribution in [1.29, 1.82) is 5.26 Å². The van der Waals surface area contributed by atoms with Gasteiger partial charge in [0.25, 0.3) is 0 Å². The van der Waals surface area contributed by atoms with Gasteiger partial charge in [-0.3, -0.25) is 0 Å². The minimum absolute atomic E-state index is 0.00362. The summed E-state index contributed by atoms with van der Waals surface area (Å²) in [7, 11) is -2.09. The smallest absolute Gasteiger partial charge is 0.355 e. The Morgan fingerprint density at radius 1 is 1.10 bits per heavy atom. The molecular weight excluding hydrogens is 524 g/mol. The molecular formula is C31H44N2O6Si. The molecule has 0 radical (unpaired) electrons. The van der Waals surface area contributed by atoms with Gasteiger partial charge in [0.15, 0.2) is 15.0 Å². The van der Waals surface area contributed by atoms with Gasteiger partial charge >= 0.3 is 11.9 Å². The lowest BCUT2D eigenvalue weighted by atomic mass is 9.90. The quantitative estimate of drug-likeness (QED) is 0.230. The fraction of sp³-hybridized carbons (Fsp3) is 0.581. The van der Waals surface area contributed by atoms with E-state index in [0.717, 1.165) is 0 Å². The van der Waals surface area contributed by atoms with Gasteiger partial charge in [0.05, 0.1) is 23.7 Å². The molecule has 0 unspecified atom stereocenters. The van der Waals surface area contributed by atoms with Gasteiger partial charge in [-0.25, -0.2) is 9.59 Å². The summed E-state index contributed by atoms with van der Waals surface area (Å²) in [6.45, 7) is 20.1. The summed E-state index contributed by atoms with van der Waals surface area (Å²) in [5, 5.41) is 10.6. The van der Waals surface area contributed by atoms with E-state index in [1.807, 2.05) is 30.3 Å². The highest BCUT2D eigenvalue weighted by atomic mass is 28.4. The zero-order valence-electron chi connectivity index (χ0n) is 25.6. The molecule has 0 saturated heterocycles. The van der Waals surface area contributed by atoms with E-state index in [4.69, 9.17) is 18.6 Å². The first-order valence-electron chi connectivity index (χ1n) is 13.9. The molecule has 0 amide bonds. The number of ether oxygens (including phenoxy) is 3. The number of nitrogens with zero attached hydrogens (tertiary/aromatic N) is 2. The third kappa shape index (κ3) is 6.45. The van der Waals surface area contributed by atoms with Crippen LogP contribution in [0, 0.1) is 24.2 Å². The molecule has 40 heavy (non-hydrogen) atoms. The lowest BCUT2D eigenvalue weighted by Gasteiger charge is -2.36. The first-order chi connectivity index (χ1) is 18.5. The highest BCUT2D eigenvalue weighted by molar-refractivity contribution is 6.74. The molecule has 0 N–H and O–H groups in total. The summed E-state index contributed by atoms with van der Waals surface area (Å²) in [5.74, 6) is -0.786. The summed E-state index contributed by atoms with van der Waals surface area (Å²) in [6.07, 6.45) is 0.462. The largest absolute Gasteiger partial charge is 0.473 e. The Labute approximate surface area is 239 Å². The predicted molar refractivity (Wildman–Crippen MR) is 156 cm³/mol. The Hall–Kier alpha value is -3.09. The number of hydrogen-bond acceptors (Lipinski definition) is 7. The number of nitriles is 1. The maximum Gasteiger partial charge on any atom is 0.355 e. The standard InChI is InChI=1S/C31H44N2O6Si/c1-11-36-28(35)26-25(31(19-32)17-22(31)18-38-40(9,10)30(6,7)8)24(27(34)39-29(3,4)5)21(2)33(26)20-37-23-15-13-12-14-16-23/h12-16,22H,11,17-18,20H2,1-10H3/t22-,31-/m0/s1. The van der Waals surface area contributed by atoms with Gasteiger partial charge in [0.1, 0.15) is 17.0 Å². The number of rotatable bonds is 10. The van der Waals surface area contributed by atoms with Crippen molar-refractivity contribution in [2.45, 2.75) is 97.7 Å². The molecule has 9 heteroatoms. The highest BCUT2D eigenvalue weighted by Crippen LogP contribution is 2.57. The molecule has 8 nitrogen and oxygen atoms in total. The Morgan fingerprint density at radius 3 is 2.25 bits per heavy atom. The first kappa shape index (κ1) is 31.4. The third-order valence-corrected chi connectivity index (χ3v) is 12.4. The molecule has 1 saturated carbocycles. The number of benzene rings is 1. The van der Waals surface area contributed by atoms with Crippen molar-refractivity contribution in [3.05, 3.63) is 52.8 Å². The normalized spacial score (nSPS) is 19.1. The van der Waals surface area contributed by atoms with E-state index < -0.39 is 31.3 Å². The van der Waals surface area contributed by atoms with Crippen LogP contribution in [0.5, 0.6) is 5.75 Å². The SMILES string of the molecule is CCOC(=O)c1c([C@]2(C#N)C[C@H]2CO[Si](C)(C)C(C)(C)C)c(C(=O)OC(C)(C)C)c(C)n1COc1ccccc1. The van der Waals surface area contributed by atoms with Crippen molar-refractivity contribution >= 4 is 20.3 Å². The van der Waals surface area contributed by atoms with Crippen molar-refractivity contribution in [3.63, 3.8) is 0 Å². The fourth-order valence-electron chi connectivity index (χ4n) is 4.53. The van der Waals surface area contributed by atoms with Crippen LogP contribution in [0.1, 0.15) is 87.0 Å². The highest BCUT2D eigenvalue weighted by Gasteiger charge is 2.61. The average molecular weight is 569 g/mol. The van der Waals surface area contributed by atoms with Crippen LogP contribution in [0.4, 0.5) is 0 Å². The fourth-order valence-corrected chi connectivity index (χ4v) is 5.59. The van der Waals surface area contributed by atoms with Crippen LogP contribution in [0.15, 0.2) is 30.3 Å². The second-order valence-corrected chi connectivity index (χ2v) is 17.8. The summed E-state index contributed by atoms with van der Waals surface area (Å²) in [5.41, 5.74) is -0.686. The summed E-state index contributed by atoms with van der Waals surface area (Å²) >= 11 is 0. The Bertz CT molecular complexity index is 1280. The molecule has 1 aliphatic rings. The zero-order chi connectivity index (χ0) is 30.1. The lowest BCUT2D eigenvalue weighted by molar-refractivity contribution is 0.00666. The van der Waals surface area contributed by atoms with Gasteiger partial charge in [-0.2, -0.15) is 5.26 Å². The molecule has 1 aromatic heterocycles. The average Bonchev–Trinajstić information content (AvgIpc) is 3.49. The number of aromatic nitrogens is 1. The van der Waals surface area contributed by atoms with Crippen LogP contribution in [-0.4, -0.2) is 43.6 Å². The number of carbonyl (C=O) groups is 2. The van der Waals surface area contributed by atoms with Crippen molar-refractivity contribution in [2.75, 3.05) is 13.2 Å². The Morgan fingerprint density at radius 2 is 1.73 bits per heavy atom. The molecule has 3 rings (SSSR count). The minimum Gasteiger partial charge on any atom is -0.473 e. The third-order valence-electron chi connectivity index (χ3n) is 7.90. The van der Waals surface area contributed by atoms with E-state index in [-0.39, 0.29) is 35.6 Å². The first-order valence-corrected chi connectivity index (χ1v) is 16.8. The second-order valence-electron chi connectivity index (χ2n) is 13.0. The maximum atomic E-state index is 13.7. The topological polar surface area (TPSA) is 99.8 Å². The second kappa shape index (κ2) is 11.4. The van der Waals surface area contributed by atoms with Crippen LogP contribution in [0.2, 0.25) is 18.1 Å². The Kier molecular flexibility index (Phi) is 8.97. The molecule has 0 aliphatic heterocycles. The predicted octanol–water partition coefficient (Wildman–Crippen LogP) is 6.77. The summed E-state index contributed by atoms with van der Waals surface area (Å²) in [6, 6.07) is 11.7. The summed E-state index contributed by atoms with van der Waals surface area (Å²) in [4.78, 5) is 27.2. The molecule has 2 atom stereocenters. The number of para-hydroxylation sites is 1. The van der Waals surface area contributed by atoms with E-state index in [0.29, 0.717) is 30.0 Å². The van der Waals surface area contributed by atoms with Crippen LogP contribution in [0.3, 0.4) is 0 Å². The Balaban J connectivity index is 2.16. The monoisotopic (exact) mass is 568 g/mol. The van der Waals surface area contributed by atoms with Crippen molar-refractivity contribution in [2.24, 2.45) is 5.92 Å². The van der Waals surface area contributed by atoms with E-state index in [2.05, 4.69) is 39.9 Å². The van der Waals surface area contributed by atoms with Gasteiger partial charge in [0.2, 0.25) is 0 Å². The number of carbonyl (C=O) groups excluding carboxylic acids is 2. The number of esters is 2. The molecule has 2 aromatic rings. The van der Waals surface area contributed by atoms with E-state index in [1.54, 1.807) is 39.2 Å². The van der Waals surface area contributed by atoms with E-state index in [1.165, 1.54) is 0 Å². The van der Waals surface area contributed by atoms with E-state index >= 15 is 0 Å². The molecule has 1 fully saturated rings. The van der Waals surface area contributed by atoms with E-state index in [9.17, 15) is 14.9 Å². The van der Waals surface area contributed by atoms with Gasteiger partial charge in [-0.15, -0.1) is 0 Å². The molecule has 1 aromatic carbocycles. The van der Waals surface area contributed by atoms with Crippen LogP contribution in [0.25, 0.3) is 0 Å². The molecule has 1 aliphatic carbocycles. The number of hydrogen-bond donors (Lipinski definition) is 0.